The molecule has 3 heterocycles. The number of amides is 1. The van der Waals surface area contributed by atoms with Crippen molar-refractivity contribution in [3.63, 3.8) is 0 Å². The van der Waals surface area contributed by atoms with E-state index in [0.717, 1.165) is 76.5 Å². The Morgan fingerprint density at radius 2 is 1.82 bits per heavy atom. The van der Waals surface area contributed by atoms with Crippen molar-refractivity contribution in [1.82, 2.24) is 9.80 Å². The van der Waals surface area contributed by atoms with Crippen LogP contribution in [-0.2, 0) is 27.3 Å². The van der Waals surface area contributed by atoms with Gasteiger partial charge < -0.3 is 19.7 Å². The number of nitrogens with zero attached hydrogens (tertiary/aromatic N) is 2. The fourth-order valence-corrected chi connectivity index (χ4v) is 5.02. The Balaban J connectivity index is 1.18. The fraction of sp³-hybridized carbons (Fsp3) is 0.444. The van der Waals surface area contributed by atoms with Crippen molar-refractivity contribution in [3.05, 3.63) is 64.5 Å². The maximum atomic E-state index is 13.8. The summed E-state index contributed by atoms with van der Waals surface area (Å²) in [5.41, 5.74) is 4.90. The summed E-state index contributed by atoms with van der Waals surface area (Å²) in [6, 6.07) is 10.7. The van der Waals surface area contributed by atoms with Crippen molar-refractivity contribution in [2.24, 2.45) is 0 Å². The molecular weight excluding hydrogens is 433 g/mol. The van der Waals surface area contributed by atoms with Gasteiger partial charge in [0.15, 0.2) is 0 Å². The molecule has 0 unspecified atom stereocenters. The van der Waals surface area contributed by atoms with Crippen molar-refractivity contribution >= 4 is 22.9 Å². The highest BCUT2D eigenvalue weighted by Gasteiger charge is 2.32. The van der Waals surface area contributed by atoms with Gasteiger partial charge in [-0.1, -0.05) is 18.2 Å². The fourth-order valence-electron chi connectivity index (χ4n) is 5.02. The zero-order chi connectivity index (χ0) is 23.5. The summed E-state index contributed by atoms with van der Waals surface area (Å²) < 4.78 is 25.2. The van der Waals surface area contributed by atoms with Gasteiger partial charge in [0, 0.05) is 61.7 Å². The van der Waals surface area contributed by atoms with E-state index in [1.165, 1.54) is 17.7 Å². The number of ether oxygens (including phenoxy) is 2. The second-order valence-corrected chi connectivity index (χ2v) is 9.11. The predicted molar refractivity (Wildman–Crippen MR) is 131 cm³/mol. The third-order valence-electron chi connectivity index (χ3n) is 6.90. The Labute approximate surface area is 200 Å². The molecule has 1 N–H and O–H groups in total. The lowest BCUT2D eigenvalue weighted by Crippen LogP contribution is -2.47. The molecular formula is C27H32FN3O3. The lowest BCUT2D eigenvalue weighted by atomic mass is 9.98. The van der Waals surface area contributed by atoms with Gasteiger partial charge in [-0.3, -0.25) is 9.69 Å². The Kier molecular flexibility index (Phi) is 6.94. The highest BCUT2D eigenvalue weighted by atomic mass is 19.1. The number of anilines is 1. The van der Waals surface area contributed by atoms with Gasteiger partial charge in [-0.15, -0.1) is 0 Å². The number of hydrogen-bond acceptors (Lipinski definition) is 5. The van der Waals surface area contributed by atoms with Crippen molar-refractivity contribution in [2.45, 2.75) is 26.4 Å². The standard InChI is InChI=1S/C27H32FN3O3/c1-2-33-15-14-31-12-10-30(11-13-31)9-3-4-19-5-7-22-20(16-19)18-34-26(22)25-23-17-21(28)6-8-24(23)29-27(25)32/h5-8,16-17H,2-4,9-15,18H2,1H3,(H,29,32). The first kappa shape index (κ1) is 23.0. The minimum absolute atomic E-state index is 0.245. The summed E-state index contributed by atoms with van der Waals surface area (Å²) in [6.45, 7) is 10.7. The number of carbonyl (C=O) groups excluding carboxylic acids is 1. The molecule has 0 aromatic heterocycles. The minimum atomic E-state index is -0.367. The van der Waals surface area contributed by atoms with Gasteiger partial charge in [0.1, 0.15) is 18.2 Å². The van der Waals surface area contributed by atoms with Crippen LogP contribution in [0.2, 0.25) is 0 Å². The SMILES string of the molecule is CCOCCN1CCN(CCCc2ccc3c(c2)COC3=C2C(=O)Nc3ccc(F)cc32)CC1. The number of fused-ring (bicyclic) bond motifs is 2. The van der Waals surface area contributed by atoms with E-state index in [2.05, 4.69) is 27.2 Å². The van der Waals surface area contributed by atoms with E-state index >= 15 is 0 Å². The summed E-state index contributed by atoms with van der Waals surface area (Å²) in [6.07, 6.45) is 2.12. The molecule has 0 atom stereocenters. The Bertz CT molecular complexity index is 1090. The van der Waals surface area contributed by atoms with Crippen LogP contribution in [0.5, 0.6) is 0 Å². The van der Waals surface area contributed by atoms with Crippen molar-refractivity contribution in [3.8, 4) is 0 Å². The number of carbonyl (C=O) groups is 1. The molecule has 34 heavy (non-hydrogen) atoms. The number of halogens is 1. The monoisotopic (exact) mass is 465 g/mol. The van der Waals surface area contributed by atoms with Gasteiger partial charge in [0.2, 0.25) is 0 Å². The van der Waals surface area contributed by atoms with Gasteiger partial charge in [0.05, 0.1) is 12.2 Å². The van der Waals surface area contributed by atoms with Crippen LogP contribution >= 0.6 is 0 Å². The summed E-state index contributed by atoms with van der Waals surface area (Å²) in [5, 5.41) is 2.81. The number of aryl methyl sites for hydroxylation is 1. The van der Waals surface area contributed by atoms with Crippen LogP contribution in [0.1, 0.15) is 35.6 Å². The van der Waals surface area contributed by atoms with Gasteiger partial charge >= 0.3 is 0 Å². The van der Waals surface area contributed by atoms with Crippen LogP contribution in [0.25, 0.3) is 11.3 Å². The highest BCUT2D eigenvalue weighted by Crippen LogP contribution is 2.42. The zero-order valence-corrected chi connectivity index (χ0v) is 19.7. The molecule has 180 valence electrons. The molecule has 3 aliphatic rings. The van der Waals surface area contributed by atoms with Crippen molar-refractivity contribution < 1.29 is 18.7 Å². The van der Waals surface area contributed by atoms with Crippen molar-refractivity contribution in [1.29, 1.82) is 0 Å². The third-order valence-corrected chi connectivity index (χ3v) is 6.90. The quantitative estimate of drug-likeness (QED) is 0.475. The van der Waals surface area contributed by atoms with E-state index in [0.29, 0.717) is 29.2 Å². The maximum Gasteiger partial charge on any atom is 0.260 e. The normalized spacial score (nSPS) is 20.2. The number of rotatable bonds is 8. The van der Waals surface area contributed by atoms with Crippen LogP contribution in [0.15, 0.2) is 36.4 Å². The first-order chi connectivity index (χ1) is 16.6. The molecule has 0 bridgehead atoms. The predicted octanol–water partition coefficient (Wildman–Crippen LogP) is 3.76. The molecule has 1 saturated heterocycles. The molecule has 2 aromatic rings. The third kappa shape index (κ3) is 4.87. The summed E-state index contributed by atoms with van der Waals surface area (Å²) in [5.74, 6) is -0.0648. The van der Waals surface area contributed by atoms with Gasteiger partial charge in [-0.05, 0) is 50.1 Å². The summed E-state index contributed by atoms with van der Waals surface area (Å²) in [4.78, 5) is 17.6. The molecule has 0 spiro atoms. The number of benzene rings is 2. The topological polar surface area (TPSA) is 54.0 Å². The van der Waals surface area contributed by atoms with Gasteiger partial charge in [0.25, 0.3) is 5.91 Å². The van der Waals surface area contributed by atoms with E-state index in [9.17, 15) is 9.18 Å². The zero-order valence-electron chi connectivity index (χ0n) is 19.7. The molecule has 1 fully saturated rings. The number of hydrogen-bond donors (Lipinski definition) is 1. The first-order valence-electron chi connectivity index (χ1n) is 12.3. The van der Waals surface area contributed by atoms with Crippen molar-refractivity contribution in [2.75, 3.05) is 57.8 Å². The van der Waals surface area contributed by atoms with Gasteiger partial charge in [-0.25, -0.2) is 4.39 Å². The molecule has 1 amide bonds. The van der Waals surface area contributed by atoms with Gasteiger partial charge in [-0.2, -0.15) is 0 Å². The highest BCUT2D eigenvalue weighted by molar-refractivity contribution is 6.36. The Morgan fingerprint density at radius 1 is 1.03 bits per heavy atom. The first-order valence-corrected chi connectivity index (χ1v) is 12.3. The average Bonchev–Trinajstić information content (AvgIpc) is 3.39. The van der Waals surface area contributed by atoms with Crippen LogP contribution < -0.4 is 5.32 Å². The van der Waals surface area contributed by atoms with Crippen LogP contribution in [0, 0.1) is 5.82 Å². The molecule has 6 nitrogen and oxygen atoms in total. The molecule has 2 aromatic carbocycles. The van der Waals surface area contributed by atoms with E-state index in [-0.39, 0.29) is 11.7 Å². The van der Waals surface area contributed by atoms with Crippen LogP contribution in [0.3, 0.4) is 0 Å². The Morgan fingerprint density at radius 3 is 2.62 bits per heavy atom. The van der Waals surface area contributed by atoms with E-state index in [4.69, 9.17) is 9.47 Å². The average molecular weight is 466 g/mol. The maximum absolute atomic E-state index is 13.8. The van der Waals surface area contributed by atoms with E-state index < -0.39 is 0 Å². The molecule has 0 radical (unpaired) electrons. The number of nitrogens with one attached hydrogen (secondary N) is 1. The number of piperazine rings is 1. The van der Waals surface area contributed by atoms with Crippen LogP contribution in [0.4, 0.5) is 10.1 Å². The van der Waals surface area contributed by atoms with Crippen LogP contribution in [-0.4, -0.2) is 68.2 Å². The second-order valence-electron chi connectivity index (χ2n) is 9.11. The summed E-state index contributed by atoms with van der Waals surface area (Å²) in [7, 11) is 0. The molecule has 0 aliphatic carbocycles. The molecule has 0 saturated carbocycles. The second kappa shape index (κ2) is 10.3. The smallest absolute Gasteiger partial charge is 0.260 e. The molecule has 5 rings (SSSR count). The lowest BCUT2D eigenvalue weighted by molar-refractivity contribution is -0.110. The van der Waals surface area contributed by atoms with E-state index in [1.54, 1.807) is 6.07 Å². The minimum Gasteiger partial charge on any atom is -0.487 e. The lowest BCUT2D eigenvalue weighted by Gasteiger charge is -2.34. The summed E-state index contributed by atoms with van der Waals surface area (Å²) >= 11 is 0. The largest absolute Gasteiger partial charge is 0.487 e. The van der Waals surface area contributed by atoms with E-state index in [1.807, 2.05) is 13.0 Å². The molecule has 3 aliphatic heterocycles. The Hall–Kier alpha value is -2.74. The molecule has 7 heteroatoms.